The number of hydrogen-bond acceptors (Lipinski definition) is 4. The Morgan fingerprint density at radius 3 is 2.29 bits per heavy atom. The van der Waals surface area contributed by atoms with Crippen LogP contribution in [0.25, 0.3) is 10.4 Å². The number of fused-ring (bicyclic) bond motifs is 2. The normalized spacial score (nSPS) is 25.4. The van der Waals surface area contributed by atoms with Crippen molar-refractivity contribution in [3.8, 4) is 0 Å². The largest absolute Gasteiger partial charge is 0.391 e. The molecule has 0 radical (unpaired) electrons. The summed E-state index contributed by atoms with van der Waals surface area (Å²) in [6.45, 7) is 0. The van der Waals surface area contributed by atoms with Crippen LogP contribution in [0, 0.1) is 0 Å². The summed E-state index contributed by atoms with van der Waals surface area (Å²) in [4.78, 5) is 7.54. The number of aliphatic hydroxyl groups is 1. The third-order valence-electron chi connectivity index (χ3n) is 4.79. The smallest absolute Gasteiger partial charge is 0.0832 e. The maximum absolute atomic E-state index is 10.8. The third-order valence-corrected chi connectivity index (χ3v) is 5.92. The molecule has 1 fully saturated rings. The molecule has 122 valence electrons. The van der Waals surface area contributed by atoms with Gasteiger partial charge in [-0.2, -0.15) is 0 Å². The van der Waals surface area contributed by atoms with Crippen molar-refractivity contribution < 1.29 is 5.11 Å². The van der Waals surface area contributed by atoms with Gasteiger partial charge in [-0.25, -0.2) is 0 Å². The van der Waals surface area contributed by atoms with Gasteiger partial charge < -0.3 is 10.0 Å². The van der Waals surface area contributed by atoms with E-state index < -0.39 is 6.10 Å². The standard InChI is InChI=1S/C18H18N4OS/c19-21-20-12-6-5-9-15(18(12)23)22-13-7-1-3-10-16(13)24-17-11-4-2-8-14(17)22/h1-4,7-8,10-12,15,18,23H,5-6,9H2/t12-,15?,18+/m1/s1. The highest BCUT2D eigenvalue weighted by atomic mass is 32.2. The van der Waals surface area contributed by atoms with E-state index >= 15 is 0 Å². The Kier molecular flexibility index (Phi) is 4.10. The highest BCUT2D eigenvalue weighted by Gasteiger charge is 2.38. The van der Waals surface area contributed by atoms with Gasteiger partial charge in [-0.05, 0) is 42.6 Å². The summed E-state index contributed by atoms with van der Waals surface area (Å²) in [6.07, 6.45) is 1.90. The van der Waals surface area contributed by atoms with Crippen LogP contribution < -0.4 is 4.90 Å². The molecule has 2 aliphatic rings. The molecule has 0 saturated heterocycles. The van der Waals surface area contributed by atoms with Crippen LogP contribution in [0.3, 0.4) is 0 Å². The van der Waals surface area contributed by atoms with Gasteiger partial charge in [0.05, 0.1) is 29.6 Å². The second-order valence-electron chi connectivity index (χ2n) is 6.17. The molecular formula is C18H18N4OS. The van der Waals surface area contributed by atoms with E-state index in [1.807, 2.05) is 24.3 Å². The topological polar surface area (TPSA) is 72.2 Å². The lowest BCUT2D eigenvalue weighted by atomic mass is 9.87. The fraction of sp³-hybridized carbons (Fsp3) is 0.333. The summed E-state index contributed by atoms with van der Waals surface area (Å²) in [5.74, 6) is 0. The molecule has 1 N–H and O–H groups in total. The maximum atomic E-state index is 10.8. The van der Waals surface area contributed by atoms with Crippen molar-refractivity contribution in [3.05, 3.63) is 59.0 Å². The molecular weight excluding hydrogens is 320 g/mol. The number of hydrogen-bond donors (Lipinski definition) is 1. The van der Waals surface area contributed by atoms with E-state index in [1.54, 1.807) is 11.8 Å². The number of nitrogens with zero attached hydrogens (tertiary/aromatic N) is 4. The Balaban J connectivity index is 1.81. The van der Waals surface area contributed by atoms with Crippen molar-refractivity contribution in [2.75, 3.05) is 4.90 Å². The Morgan fingerprint density at radius 1 is 1.04 bits per heavy atom. The van der Waals surface area contributed by atoms with E-state index in [4.69, 9.17) is 5.53 Å². The van der Waals surface area contributed by atoms with Gasteiger partial charge in [0.15, 0.2) is 0 Å². The van der Waals surface area contributed by atoms with Gasteiger partial charge in [0.1, 0.15) is 0 Å². The van der Waals surface area contributed by atoms with Gasteiger partial charge in [0.2, 0.25) is 0 Å². The molecule has 0 amide bonds. The highest BCUT2D eigenvalue weighted by Crippen LogP contribution is 2.50. The number of aliphatic hydroxyl groups excluding tert-OH is 1. The molecule has 0 bridgehead atoms. The molecule has 1 heterocycles. The van der Waals surface area contributed by atoms with E-state index in [2.05, 4.69) is 39.2 Å². The van der Waals surface area contributed by atoms with Crippen LogP contribution in [0.15, 0.2) is 63.4 Å². The zero-order chi connectivity index (χ0) is 16.5. The number of benzene rings is 2. The molecule has 3 atom stereocenters. The third kappa shape index (κ3) is 2.53. The Hall–Kier alpha value is -2.14. The molecule has 0 aromatic heterocycles. The minimum absolute atomic E-state index is 0.0857. The van der Waals surface area contributed by atoms with E-state index in [-0.39, 0.29) is 12.1 Å². The van der Waals surface area contributed by atoms with E-state index in [0.29, 0.717) is 0 Å². The molecule has 1 saturated carbocycles. The molecule has 6 heteroatoms. The van der Waals surface area contributed by atoms with Crippen LogP contribution in [0.5, 0.6) is 0 Å². The van der Waals surface area contributed by atoms with Crippen molar-refractivity contribution in [1.82, 2.24) is 0 Å². The zero-order valence-corrected chi connectivity index (χ0v) is 13.9. The Labute approximate surface area is 144 Å². The van der Waals surface area contributed by atoms with E-state index in [1.165, 1.54) is 9.79 Å². The van der Waals surface area contributed by atoms with Crippen LogP contribution in [-0.2, 0) is 0 Å². The summed E-state index contributed by atoms with van der Waals surface area (Å²) in [5.41, 5.74) is 11.0. The Morgan fingerprint density at radius 2 is 1.67 bits per heavy atom. The number of rotatable bonds is 2. The number of azide groups is 1. The second kappa shape index (κ2) is 6.40. The first kappa shape index (κ1) is 15.4. The fourth-order valence-electron chi connectivity index (χ4n) is 3.70. The molecule has 1 aliphatic heterocycles. The second-order valence-corrected chi connectivity index (χ2v) is 7.25. The van der Waals surface area contributed by atoms with Crippen molar-refractivity contribution >= 4 is 23.1 Å². The van der Waals surface area contributed by atoms with Gasteiger partial charge in [-0.15, -0.1) is 0 Å². The monoisotopic (exact) mass is 338 g/mol. The molecule has 4 rings (SSSR count). The van der Waals surface area contributed by atoms with Crippen LogP contribution in [0.2, 0.25) is 0 Å². The molecule has 5 nitrogen and oxygen atoms in total. The first-order valence-corrected chi connectivity index (χ1v) is 8.98. The van der Waals surface area contributed by atoms with Crippen molar-refractivity contribution in [2.45, 2.75) is 47.2 Å². The zero-order valence-electron chi connectivity index (χ0n) is 13.1. The van der Waals surface area contributed by atoms with Crippen LogP contribution in [-0.4, -0.2) is 23.3 Å². The van der Waals surface area contributed by atoms with Gasteiger partial charge >= 0.3 is 0 Å². The molecule has 24 heavy (non-hydrogen) atoms. The molecule has 1 unspecified atom stereocenters. The SMILES string of the molecule is [N-]=[N+]=N[C@@H]1CCCC(N2c3ccccc3Sc3ccccc32)[C@H]1O. The van der Waals surface area contributed by atoms with Crippen molar-refractivity contribution in [1.29, 1.82) is 0 Å². The summed E-state index contributed by atoms with van der Waals surface area (Å²) < 4.78 is 0. The van der Waals surface area contributed by atoms with Gasteiger partial charge in [-0.1, -0.05) is 47.6 Å². The lowest BCUT2D eigenvalue weighted by Gasteiger charge is -2.44. The fourth-order valence-corrected chi connectivity index (χ4v) is 4.77. The summed E-state index contributed by atoms with van der Waals surface area (Å²) in [5, 5.41) is 14.7. The first-order valence-electron chi connectivity index (χ1n) is 8.17. The predicted molar refractivity (Wildman–Crippen MR) is 95.7 cm³/mol. The Bertz CT molecular complexity index is 760. The lowest BCUT2D eigenvalue weighted by molar-refractivity contribution is 0.0876. The summed E-state index contributed by atoms with van der Waals surface area (Å²) in [6, 6.07) is 16.1. The summed E-state index contributed by atoms with van der Waals surface area (Å²) >= 11 is 1.76. The van der Waals surface area contributed by atoms with Crippen LogP contribution in [0.4, 0.5) is 11.4 Å². The maximum Gasteiger partial charge on any atom is 0.0832 e. The van der Waals surface area contributed by atoms with E-state index in [0.717, 1.165) is 30.6 Å². The quantitative estimate of drug-likeness (QED) is 0.482. The van der Waals surface area contributed by atoms with Gasteiger partial charge in [-0.3, -0.25) is 0 Å². The average molecular weight is 338 g/mol. The van der Waals surface area contributed by atoms with Gasteiger partial charge in [0, 0.05) is 14.7 Å². The minimum Gasteiger partial charge on any atom is -0.391 e. The van der Waals surface area contributed by atoms with E-state index in [9.17, 15) is 5.11 Å². The molecule has 1 aliphatic carbocycles. The first-order chi connectivity index (χ1) is 11.8. The number of para-hydroxylation sites is 2. The van der Waals surface area contributed by atoms with Gasteiger partial charge in [0.25, 0.3) is 0 Å². The summed E-state index contributed by atoms with van der Waals surface area (Å²) in [7, 11) is 0. The molecule has 2 aromatic carbocycles. The lowest BCUT2D eigenvalue weighted by Crippen LogP contribution is -2.49. The van der Waals surface area contributed by atoms with Crippen LogP contribution in [0.1, 0.15) is 19.3 Å². The molecule has 2 aromatic rings. The number of anilines is 2. The predicted octanol–water partition coefficient (Wildman–Crippen LogP) is 4.88. The van der Waals surface area contributed by atoms with Crippen LogP contribution >= 0.6 is 11.8 Å². The van der Waals surface area contributed by atoms with Crippen molar-refractivity contribution in [2.24, 2.45) is 5.11 Å². The molecule has 0 spiro atoms. The highest BCUT2D eigenvalue weighted by molar-refractivity contribution is 7.99. The average Bonchev–Trinajstić information content (AvgIpc) is 2.62. The minimum atomic E-state index is -0.668. The van der Waals surface area contributed by atoms with Crippen molar-refractivity contribution in [3.63, 3.8) is 0 Å².